The van der Waals surface area contributed by atoms with Gasteiger partial charge in [0, 0.05) is 46.4 Å². The molecular formula is C14H29IN4O2. The fourth-order valence-corrected chi connectivity index (χ4v) is 2.15. The third kappa shape index (κ3) is 8.80. The number of ether oxygens (including phenoxy) is 2. The summed E-state index contributed by atoms with van der Waals surface area (Å²) in [5.41, 5.74) is 0. The summed E-state index contributed by atoms with van der Waals surface area (Å²) in [5.74, 6) is 1.69. The molecule has 2 aliphatic rings. The first-order chi connectivity index (χ1) is 9.88. The molecule has 0 spiro atoms. The highest BCUT2D eigenvalue weighted by Gasteiger charge is 2.20. The first kappa shape index (κ1) is 18.9. The number of nitrogens with one attached hydrogen (secondary N) is 2. The lowest BCUT2D eigenvalue weighted by atomic mass is 10.4. The van der Waals surface area contributed by atoms with Crippen LogP contribution in [0.4, 0.5) is 0 Å². The van der Waals surface area contributed by atoms with Crippen LogP contribution >= 0.6 is 24.0 Å². The van der Waals surface area contributed by atoms with Gasteiger partial charge in [-0.3, -0.25) is 9.89 Å². The molecule has 1 aliphatic heterocycles. The van der Waals surface area contributed by atoms with Crippen LogP contribution < -0.4 is 10.6 Å². The second-order valence-corrected chi connectivity index (χ2v) is 5.40. The number of morpholine rings is 1. The normalized spacial score (nSPS) is 20.0. The van der Waals surface area contributed by atoms with Crippen LogP contribution in [-0.4, -0.2) is 77.1 Å². The Morgan fingerprint density at radius 1 is 1.24 bits per heavy atom. The molecule has 1 heterocycles. The van der Waals surface area contributed by atoms with E-state index >= 15 is 0 Å². The summed E-state index contributed by atoms with van der Waals surface area (Å²) in [6.45, 7) is 8.18. The molecule has 2 N–H and O–H groups in total. The van der Waals surface area contributed by atoms with Crippen molar-refractivity contribution in [2.24, 2.45) is 10.9 Å². The Morgan fingerprint density at radius 2 is 1.95 bits per heavy atom. The summed E-state index contributed by atoms with van der Waals surface area (Å²) in [6.07, 6.45) is 2.69. The highest BCUT2D eigenvalue weighted by atomic mass is 127. The standard InChI is InChI=1S/C14H28N4O2.HI/c1-15-14(17-5-9-20-12-13-2-3-13)16-4-6-18-7-10-19-11-8-18;/h13H,2-12H2,1H3,(H2,15,16,17);1H. The van der Waals surface area contributed by atoms with Gasteiger partial charge in [0.25, 0.3) is 0 Å². The number of hydrogen-bond acceptors (Lipinski definition) is 4. The van der Waals surface area contributed by atoms with Crippen molar-refractivity contribution in [1.29, 1.82) is 0 Å². The average molecular weight is 412 g/mol. The summed E-state index contributed by atoms with van der Waals surface area (Å²) >= 11 is 0. The molecule has 0 aromatic carbocycles. The quantitative estimate of drug-likeness (QED) is 0.264. The minimum absolute atomic E-state index is 0. The zero-order valence-corrected chi connectivity index (χ0v) is 15.3. The number of rotatable bonds is 8. The summed E-state index contributed by atoms with van der Waals surface area (Å²) in [6, 6.07) is 0. The molecule has 6 nitrogen and oxygen atoms in total. The predicted octanol–water partition coefficient (Wildman–Crippen LogP) is 0.528. The van der Waals surface area contributed by atoms with E-state index in [1.54, 1.807) is 7.05 Å². The molecule has 1 aliphatic carbocycles. The zero-order chi connectivity index (χ0) is 14.0. The van der Waals surface area contributed by atoms with E-state index in [-0.39, 0.29) is 24.0 Å². The van der Waals surface area contributed by atoms with Crippen molar-refractivity contribution in [2.45, 2.75) is 12.8 Å². The lowest BCUT2D eigenvalue weighted by molar-refractivity contribution is 0.0389. The third-order valence-corrected chi connectivity index (χ3v) is 3.64. The topological polar surface area (TPSA) is 58.1 Å². The maximum atomic E-state index is 5.58. The van der Waals surface area contributed by atoms with Gasteiger partial charge in [-0.15, -0.1) is 24.0 Å². The summed E-state index contributed by atoms with van der Waals surface area (Å²) in [5, 5.41) is 6.60. The molecule has 0 bridgehead atoms. The van der Waals surface area contributed by atoms with E-state index in [2.05, 4.69) is 20.5 Å². The minimum atomic E-state index is 0. The Hall–Kier alpha value is -0.120. The van der Waals surface area contributed by atoms with E-state index in [1.807, 2.05) is 0 Å². The molecule has 21 heavy (non-hydrogen) atoms. The van der Waals surface area contributed by atoms with Gasteiger partial charge < -0.3 is 20.1 Å². The van der Waals surface area contributed by atoms with Gasteiger partial charge in [-0.05, 0) is 18.8 Å². The van der Waals surface area contributed by atoms with Gasteiger partial charge in [0.05, 0.1) is 19.8 Å². The molecule has 0 atom stereocenters. The SMILES string of the molecule is CN=C(NCCOCC1CC1)NCCN1CCOCC1.I. The molecule has 7 heteroatoms. The van der Waals surface area contributed by atoms with E-state index in [4.69, 9.17) is 9.47 Å². The van der Waals surface area contributed by atoms with Gasteiger partial charge in [0.1, 0.15) is 0 Å². The van der Waals surface area contributed by atoms with Crippen LogP contribution in [0.15, 0.2) is 4.99 Å². The largest absolute Gasteiger partial charge is 0.379 e. The van der Waals surface area contributed by atoms with Crippen molar-refractivity contribution in [1.82, 2.24) is 15.5 Å². The first-order valence-electron chi connectivity index (χ1n) is 7.71. The van der Waals surface area contributed by atoms with Gasteiger partial charge in [0.2, 0.25) is 0 Å². The molecule has 1 saturated heterocycles. The van der Waals surface area contributed by atoms with Crippen molar-refractivity contribution in [3.8, 4) is 0 Å². The molecule has 0 amide bonds. The molecule has 0 aromatic rings. The zero-order valence-electron chi connectivity index (χ0n) is 13.0. The molecule has 0 radical (unpaired) electrons. The Labute approximate surface area is 145 Å². The van der Waals surface area contributed by atoms with Crippen molar-refractivity contribution in [3.63, 3.8) is 0 Å². The summed E-state index contributed by atoms with van der Waals surface area (Å²) in [4.78, 5) is 6.62. The fourth-order valence-electron chi connectivity index (χ4n) is 2.15. The van der Waals surface area contributed by atoms with Gasteiger partial charge >= 0.3 is 0 Å². The van der Waals surface area contributed by atoms with E-state index in [0.29, 0.717) is 0 Å². The second-order valence-electron chi connectivity index (χ2n) is 5.40. The maximum Gasteiger partial charge on any atom is 0.191 e. The smallest absolute Gasteiger partial charge is 0.191 e. The lowest BCUT2D eigenvalue weighted by Crippen LogP contribution is -2.45. The third-order valence-electron chi connectivity index (χ3n) is 3.64. The average Bonchev–Trinajstić information content (AvgIpc) is 3.30. The van der Waals surface area contributed by atoms with Crippen LogP contribution in [0, 0.1) is 5.92 Å². The van der Waals surface area contributed by atoms with Gasteiger partial charge in [-0.2, -0.15) is 0 Å². The van der Waals surface area contributed by atoms with Crippen molar-refractivity contribution < 1.29 is 9.47 Å². The molecule has 2 fully saturated rings. The molecular weight excluding hydrogens is 383 g/mol. The molecule has 1 saturated carbocycles. The maximum absolute atomic E-state index is 5.58. The first-order valence-corrected chi connectivity index (χ1v) is 7.71. The Kier molecular flexibility index (Phi) is 10.3. The Morgan fingerprint density at radius 3 is 2.62 bits per heavy atom. The van der Waals surface area contributed by atoms with Crippen molar-refractivity contribution >= 4 is 29.9 Å². The van der Waals surface area contributed by atoms with E-state index < -0.39 is 0 Å². The van der Waals surface area contributed by atoms with Crippen LogP contribution in [0.25, 0.3) is 0 Å². The Bertz CT molecular complexity index is 295. The number of hydrogen-bond donors (Lipinski definition) is 2. The van der Waals surface area contributed by atoms with Crippen LogP contribution in [-0.2, 0) is 9.47 Å². The van der Waals surface area contributed by atoms with Gasteiger partial charge in [-0.25, -0.2) is 0 Å². The fraction of sp³-hybridized carbons (Fsp3) is 0.929. The highest BCUT2D eigenvalue weighted by Crippen LogP contribution is 2.28. The lowest BCUT2D eigenvalue weighted by Gasteiger charge is -2.26. The predicted molar refractivity (Wildman–Crippen MR) is 95.6 cm³/mol. The summed E-state index contributed by atoms with van der Waals surface area (Å²) < 4.78 is 10.9. The second kappa shape index (κ2) is 11.4. The van der Waals surface area contributed by atoms with Crippen molar-refractivity contribution in [2.75, 3.05) is 66.2 Å². The number of halogens is 1. The summed E-state index contributed by atoms with van der Waals surface area (Å²) in [7, 11) is 1.80. The number of nitrogens with zero attached hydrogens (tertiary/aromatic N) is 2. The van der Waals surface area contributed by atoms with Crippen LogP contribution in [0.3, 0.4) is 0 Å². The van der Waals surface area contributed by atoms with Crippen LogP contribution in [0.1, 0.15) is 12.8 Å². The molecule has 0 aromatic heterocycles. The molecule has 2 rings (SSSR count). The van der Waals surface area contributed by atoms with Crippen LogP contribution in [0.2, 0.25) is 0 Å². The minimum Gasteiger partial charge on any atom is -0.379 e. The van der Waals surface area contributed by atoms with Crippen molar-refractivity contribution in [3.05, 3.63) is 0 Å². The van der Waals surface area contributed by atoms with E-state index in [0.717, 1.165) is 71.0 Å². The van der Waals surface area contributed by atoms with Gasteiger partial charge in [-0.1, -0.05) is 0 Å². The van der Waals surface area contributed by atoms with Crippen LogP contribution in [0.5, 0.6) is 0 Å². The monoisotopic (exact) mass is 412 g/mol. The van der Waals surface area contributed by atoms with E-state index in [9.17, 15) is 0 Å². The number of guanidine groups is 1. The molecule has 0 unspecified atom stereocenters. The van der Waals surface area contributed by atoms with Gasteiger partial charge in [0.15, 0.2) is 5.96 Å². The molecule has 124 valence electrons. The van der Waals surface area contributed by atoms with E-state index in [1.165, 1.54) is 12.8 Å². The highest BCUT2D eigenvalue weighted by molar-refractivity contribution is 14.0. The number of aliphatic imine (C=N–C) groups is 1. The Balaban J connectivity index is 0.00000220.